The summed E-state index contributed by atoms with van der Waals surface area (Å²) >= 11 is 0. The zero-order valence-electron chi connectivity index (χ0n) is 10.3. The van der Waals surface area contributed by atoms with Crippen LogP contribution in [0, 0.1) is 5.92 Å². The van der Waals surface area contributed by atoms with E-state index in [1.54, 1.807) is 0 Å². The molecule has 0 unspecified atom stereocenters. The number of amides is 1. The molecule has 0 heterocycles. The molecule has 5 nitrogen and oxygen atoms in total. The van der Waals surface area contributed by atoms with Gasteiger partial charge in [-0.15, -0.1) is 0 Å². The van der Waals surface area contributed by atoms with Gasteiger partial charge in [0, 0.05) is 6.54 Å². The third kappa shape index (κ3) is 7.23. The Kier molecular flexibility index (Phi) is 7.54. The van der Waals surface area contributed by atoms with Gasteiger partial charge < -0.3 is 15.3 Å². The molecule has 0 radical (unpaired) electrons. The minimum absolute atomic E-state index is 0.149. The monoisotopic (exact) mass is 230 g/mol. The van der Waals surface area contributed by atoms with E-state index in [9.17, 15) is 9.59 Å². The van der Waals surface area contributed by atoms with Crippen molar-refractivity contribution in [3.05, 3.63) is 0 Å². The number of rotatable bonds is 8. The van der Waals surface area contributed by atoms with Crippen molar-refractivity contribution in [2.75, 3.05) is 26.2 Å². The molecule has 0 saturated carbocycles. The fourth-order valence-electron chi connectivity index (χ4n) is 1.34. The molecule has 0 atom stereocenters. The first-order valence-corrected chi connectivity index (χ1v) is 5.67. The fourth-order valence-corrected chi connectivity index (χ4v) is 1.34. The summed E-state index contributed by atoms with van der Waals surface area (Å²) in [6.07, 6.45) is 0.955. The van der Waals surface area contributed by atoms with Gasteiger partial charge in [-0.05, 0) is 18.9 Å². The Hall–Kier alpha value is -1.10. The van der Waals surface area contributed by atoms with E-state index in [1.165, 1.54) is 4.90 Å². The molecule has 0 rings (SSSR count). The van der Waals surface area contributed by atoms with E-state index in [-0.39, 0.29) is 24.9 Å². The van der Waals surface area contributed by atoms with Gasteiger partial charge in [-0.2, -0.15) is 0 Å². The molecule has 0 aliphatic rings. The lowest BCUT2D eigenvalue weighted by molar-refractivity contribution is -0.144. The van der Waals surface area contributed by atoms with Crippen LogP contribution in [0.4, 0.5) is 0 Å². The number of nitrogens with zero attached hydrogens (tertiary/aromatic N) is 1. The number of carbonyl (C=O) groups is 2. The van der Waals surface area contributed by atoms with Gasteiger partial charge in [0.2, 0.25) is 5.91 Å². The quantitative estimate of drug-likeness (QED) is 0.598. The molecule has 2 N–H and O–H groups in total. The first-order chi connectivity index (χ1) is 7.47. The van der Waals surface area contributed by atoms with Crippen molar-refractivity contribution >= 4 is 11.9 Å². The maximum atomic E-state index is 11.7. The van der Waals surface area contributed by atoms with Crippen LogP contribution >= 0.6 is 0 Å². The Balaban J connectivity index is 4.15. The summed E-state index contributed by atoms with van der Waals surface area (Å²) in [4.78, 5) is 23.7. The van der Waals surface area contributed by atoms with Crippen molar-refractivity contribution in [3.63, 3.8) is 0 Å². The van der Waals surface area contributed by atoms with Crippen LogP contribution in [0.25, 0.3) is 0 Å². The van der Waals surface area contributed by atoms with Crippen molar-refractivity contribution < 1.29 is 14.7 Å². The molecule has 0 aromatic carbocycles. The first kappa shape index (κ1) is 14.9. The highest BCUT2D eigenvalue weighted by atomic mass is 16.4. The minimum atomic E-state index is -0.968. The number of aliphatic carboxylic acids is 1. The Morgan fingerprint density at radius 3 is 2.44 bits per heavy atom. The van der Waals surface area contributed by atoms with Gasteiger partial charge in [-0.25, -0.2) is 0 Å². The van der Waals surface area contributed by atoms with E-state index in [1.807, 2.05) is 20.8 Å². The molecule has 0 fully saturated rings. The molecule has 1 amide bonds. The van der Waals surface area contributed by atoms with E-state index in [2.05, 4.69) is 5.32 Å². The number of hydrogen-bond donors (Lipinski definition) is 2. The van der Waals surface area contributed by atoms with Crippen LogP contribution in [-0.2, 0) is 9.59 Å². The molecule has 0 aliphatic carbocycles. The summed E-state index contributed by atoms with van der Waals surface area (Å²) in [6, 6.07) is 0. The lowest BCUT2D eigenvalue weighted by Gasteiger charge is -2.22. The van der Waals surface area contributed by atoms with E-state index in [4.69, 9.17) is 5.11 Å². The van der Waals surface area contributed by atoms with Crippen LogP contribution in [0.15, 0.2) is 0 Å². The molecule has 0 spiro atoms. The molecule has 0 aromatic rings. The molecular weight excluding hydrogens is 208 g/mol. The van der Waals surface area contributed by atoms with Crippen LogP contribution in [0.3, 0.4) is 0 Å². The van der Waals surface area contributed by atoms with Crippen molar-refractivity contribution in [2.45, 2.75) is 27.2 Å². The number of carboxylic acids is 1. The lowest BCUT2D eigenvalue weighted by Crippen LogP contribution is -2.43. The van der Waals surface area contributed by atoms with Crippen molar-refractivity contribution in [3.8, 4) is 0 Å². The fraction of sp³-hybridized carbons (Fsp3) is 0.818. The SMILES string of the molecule is CCCNCC(=O)N(CC(=O)O)CC(C)C. The highest BCUT2D eigenvalue weighted by Gasteiger charge is 2.16. The molecule has 0 aromatic heterocycles. The van der Waals surface area contributed by atoms with E-state index < -0.39 is 5.97 Å². The van der Waals surface area contributed by atoms with Crippen molar-refractivity contribution in [1.82, 2.24) is 10.2 Å². The van der Waals surface area contributed by atoms with Gasteiger partial charge in [-0.1, -0.05) is 20.8 Å². The Morgan fingerprint density at radius 1 is 1.38 bits per heavy atom. The first-order valence-electron chi connectivity index (χ1n) is 5.67. The number of hydrogen-bond acceptors (Lipinski definition) is 3. The second-order valence-corrected chi connectivity index (χ2v) is 4.24. The van der Waals surface area contributed by atoms with E-state index >= 15 is 0 Å². The normalized spacial score (nSPS) is 10.5. The average Bonchev–Trinajstić information content (AvgIpc) is 2.15. The molecule has 0 saturated heterocycles. The zero-order valence-corrected chi connectivity index (χ0v) is 10.3. The maximum Gasteiger partial charge on any atom is 0.323 e. The Morgan fingerprint density at radius 2 is 2.00 bits per heavy atom. The largest absolute Gasteiger partial charge is 0.480 e. The standard InChI is InChI=1S/C11H22N2O3/c1-4-5-12-6-10(14)13(7-9(2)3)8-11(15)16/h9,12H,4-8H2,1-3H3,(H,15,16). The Labute approximate surface area is 96.8 Å². The van der Waals surface area contributed by atoms with Gasteiger partial charge in [0.25, 0.3) is 0 Å². The minimum Gasteiger partial charge on any atom is -0.480 e. The molecule has 16 heavy (non-hydrogen) atoms. The predicted octanol–water partition coefficient (Wildman–Crippen LogP) is 0.555. The maximum absolute atomic E-state index is 11.7. The summed E-state index contributed by atoms with van der Waals surface area (Å²) < 4.78 is 0. The third-order valence-corrected chi connectivity index (χ3v) is 1.97. The molecule has 94 valence electrons. The zero-order chi connectivity index (χ0) is 12.6. The number of carboxylic acid groups (broad SMARTS) is 1. The smallest absolute Gasteiger partial charge is 0.323 e. The topological polar surface area (TPSA) is 69.6 Å². The van der Waals surface area contributed by atoms with Crippen LogP contribution in [0.5, 0.6) is 0 Å². The number of carbonyl (C=O) groups excluding carboxylic acids is 1. The molecule has 0 aliphatic heterocycles. The van der Waals surface area contributed by atoms with Gasteiger partial charge in [0.15, 0.2) is 0 Å². The van der Waals surface area contributed by atoms with E-state index in [0.717, 1.165) is 13.0 Å². The van der Waals surface area contributed by atoms with Crippen LogP contribution < -0.4 is 5.32 Å². The molecular formula is C11H22N2O3. The second-order valence-electron chi connectivity index (χ2n) is 4.24. The van der Waals surface area contributed by atoms with Crippen LogP contribution in [0.2, 0.25) is 0 Å². The van der Waals surface area contributed by atoms with Crippen molar-refractivity contribution in [2.24, 2.45) is 5.92 Å². The summed E-state index contributed by atoms with van der Waals surface area (Å²) in [5, 5.41) is 11.7. The van der Waals surface area contributed by atoms with Crippen molar-refractivity contribution in [1.29, 1.82) is 0 Å². The second kappa shape index (κ2) is 8.10. The highest BCUT2D eigenvalue weighted by Crippen LogP contribution is 1.99. The third-order valence-electron chi connectivity index (χ3n) is 1.97. The van der Waals surface area contributed by atoms with Gasteiger partial charge in [0.1, 0.15) is 6.54 Å². The highest BCUT2D eigenvalue weighted by molar-refractivity contribution is 5.82. The summed E-state index contributed by atoms with van der Waals surface area (Å²) in [5.41, 5.74) is 0. The summed E-state index contributed by atoms with van der Waals surface area (Å²) in [6.45, 7) is 7.19. The van der Waals surface area contributed by atoms with Crippen LogP contribution in [0.1, 0.15) is 27.2 Å². The van der Waals surface area contributed by atoms with Gasteiger partial charge >= 0.3 is 5.97 Å². The lowest BCUT2D eigenvalue weighted by atomic mass is 10.2. The van der Waals surface area contributed by atoms with Crippen LogP contribution in [-0.4, -0.2) is 48.1 Å². The average molecular weight is 230 g/mol. The van der Waals surface area contributed by atoms with Gasteiger partial charge in [-0.3, -0.25) is 9.59 Å². The summed E-state index contributed by atoms with van der Waals surface area (Å²) in [7, 11) is 0. The molecule has 0 bridgehead atoms. The molecule has 5 heteroatoms. The number of nitrogens with one attached hydrogen (secondary N) is 1. The van der Waals surface area contributed by atoms with Gasteiger partial charge in [0.05, 0.1) is 6.54 Å². The predicted molar refractivity (Wildman–Crippen MR) is 62.2 cm³/mol. The summed E-state index contributed by atoms with van der Waals surface area (Å²) in [5.74, 6) is -0.844. The van der Waals surface area contributed by atoms with E-state index in [0.29, 0.717) is 6.54 Å². The Bertz CT molecular complexity index is 229.